The molecular formula is C14H20F2N2O. The van der Waals surface area contributed by atoms with Crippen LogP contribution in [-0.4, -0.2) is 18.0 Å². The summed E-state index contributed by atoms with van der Waals surface area (Å²) < 4.78 is 28.1. The summed E-state index contributed by atoms with van der Waals surface area (Å²) in [4.78, 5) is 11.8. The highest BCUT2D eigenvalue weighted by Gasteiger charge is 2.43. The van der Waals surface area contributed by atoms with Gasteiger partial charge in [-0.2, -0.15) is 8.78 Å². The minimum absolute atomic E-state index is 0.136. The van der Waals surface area contributed by atoms with Crippen LogP contribution in [0.2, 0.25) is 0 Å². The number of amides is 1. The van der Waals surface area contributed by atoms with E-state index in [4.69, 9.17) is 5.73 Å². The van der Waals surface area contributed by atoms with Crippen molar-refractivity contribution < 1.29 is 13.6 Å². The molecule has 0 atom stereocenters. The first-order valence-corrected chi connectivity index (χ1v) is 6.38. The summed E-state index contributed by atoms with van der Waals surface area (Å²) in [6.07, 6.45) is 1.02. The molecular weight excluding hydrogens is 250 g/mol. The Hall–Kier alpha value is -1.49. The summed E-state index contributed by atoms with van der Waals surface area (Å²) in [5.41, 5.74) is 4.52. The first-order valence-electron chi connectivity index (χ1n) is 6.38. The molecule has 1 aromatic rings. The molecule has 106 valence electrons. The fourth-order valence-corrected chi connectivity index (χ4v) is 1.86. The number of carbonyl (C=O) groups is 1. The zero-order valence-corrected chi connectivity index (χ0v) is 11.2. The average Bonchev–Trinajstić information content (AvgIpc) is 2.45. The zero-order chi connectivity index (χ0) is 14.5. The van der Waals surface area contributed by atoms with E-state index < -0.39 is 17.4 Å². The maximum absolute atomic E-state index is 14.0. The van der Waals surface area contributed by atoms with Gasteiger partial charge in [0.05, 0.1) is 5.54 Å². The van der Waals surface area contributed by atoms with Crippen molar-refractivity contribution in [3.8, 4) is 0 Å². The zero-order valence-electron chi connectivity index (χ0n) is 11.2. The first-order chi connectivity index (χ1) is 8.91. The van der Waals surface area contributed by atoms with Gasteiger partial charge in [0.15, 0.2) is 0 Å². The van der Waals surface area contributed by atoms with Crippen molar-refractivity contribution in [3.63, 3.8) is 0 Å². The molecule has 1 aromatic carbocycles. The van der Waals surface area contributed by atoms with Crippen LogP contribution in [0.25, 0.3) is 0 Å². The molecule has 3 N–H and O–H groups in total. The first kappa shape index (κ1) is 15.6. The van der Waals surface area contributed by atoms with Crippen LogP contribution in [0, 0.1) is 0 Å². The van der Waals surface area contributed by atoms with Crippen LogP contribution < -0.4 is 11.1 Å². The van der Waals surface area contributed by atoms with Crippen LogP contribution in [0.4, 0.5) is 8.78 Å². The topological polar surface area (TPSA) is 55.1 Å². The molecule has 1 rings (SSSR count). The van der Waals surface area contributed by atoms with Crippen molar-refractivity contribution in [3.05, 3.63) is 35.9 Å². The number of hydrogen-bond donors (Lipinski definition) is 2. The average molecular weight is 270 g/mol. The molecule has 0 aliphatic rings. The van der Waals surface area contributed by atoms with Crippen LogP contribution in [0.5, 0.6) is 0 Å². The summed E-state index contributed by atoms with van der Waals surface area (Å²) in [6.45, 7) is 3.77. The van der Waals surface area contributed by atoms with Crippen LogP contribution in [0.15, 0.2) is 30.3 Å². The second-order valence-corrected chi connectivity index (χ2v) is 4.59. The molecule has 0 spiro atoms. The fourth-order valence-electron chi connectivity index (χ4n) is 1.86. The van der Waals surface area contributed by atoms with E-state index in [0.29, 0.717) is 12.8 Å². The van der Waals surface area contributed by atoms with E-state index in [-0.39, 0.29) is 12.1 Å². The summed E-state index contributed by atoms with van der Waals surface area (Å²) in [5.74, 6) is -4.85. The lowest BCUT2D eigenvalue weighted by Gasteiger charge is -2.33. The van der Waals surface area contributed by atoms with Gasteiger partial charge in [0, 0.05) is 12.1 Å². The third kappa shape index (κ3) is 3.29. The maximum Gasteiger partial charge on any atom is 0.349 e. The van der Waals surface area contributed by atoms with E-state index >= 15 is 0 Å². The molecule has 5 heteroatoms. The summed E-state index contributed by atoms with van der Waals surface area (Å²) in [6, 6.07) is 7.06. The van der Waals surface area contributed by atoms with E-state index in [1.54, 1.807) is 6.07 Å². The minimum atomic E-state index is -3.55. The van der Waals surface area contributed by atoms with E-state index in [2.05, 4.69) is 5.32 Å². The molecule has 19 heavy (non-hydrogen) atoms. The third-order valence-electron chi connectivity index (χ3n) is 3.54. The van der Waals surface area contributed by atoms with Crippen molar-refractivity contribution in [1.29, 1.82) is 0 Å². The standard InChI is InChI=1S/C14H20F2N2O/c1-3-13(4-2,10-17)18-12(19)14(15,16)11-8-6-5-7-9-11/h5-9H,3-4,10,17H2,1-2H3,(H,18,19). The molecule has 0 heterocycles. The van der Waals surface area contributed by atoms with Gasteiger partial charge in [-0.1, -0.05) is 44.2 Å². The number of benzene rings is 1. The van der Waals surface area contributed by atoms with Crippen molar-refractivity contribution in [1.82, 2.24) is 5.32 Å². The van der Waals surface area contributed by atoms with E-state index in [1.165, 1.54) is 24.3 Å². The van der Waals surface area contributed by atoms with Crippen LogP contribution in [-0.2, 0) is 10.7 Å². The molecule has 0 bridgehead atoms. The van der Waals surface area contributed by atoms with Gasteiger partial charge >= 0.3 is 5.92 Å². The number of rotatable bonds is 6. The predicted octanol–water partition coefficient (Wildman–Crippen LogP) is 2.41. The van der Waals surface area contributed by atoms with Gasteiger partial charge in [0.25, 0.3) is 5.91 Å². The second kappa shape index (κ2) is 6.10. The number of carbonyl (C=O) groups excluding carboxylic acids is 1. The quantitative estimate of drug-likeness (QED) is 0.834. The van der Waals surface area contributed by atoms with Gasteiger partial charge in [-0.15, -0.1) is 0 Å². The van der Waals surface area contributed by atoms with Crippen LogP contribution in [0.1, 0.15) is 32.3 Å². The number of halogens is 2. The second-order valence-electron chi connectivity index (χ2n) is 4.59. The molecule has 3 nitrogen and oxygen atoms in total. The van der Waals surface area contributed by atoms with Gasteiger partial charge in [-0.05, 0) is 12.8 Å². The van der Waals surface area contributed by atoms with E-state index in [9.17, 15) is 13.6 Å². The van der Waals surface area contributed by atoms with Crippen molar-refractivity contribution >= 4 is 5.91 Å². The van der Waals surface area contributed by atoms with Gasteiger partial charge in [0.1, 0.15) is 0 Å². The number of alkyl halides is 2. The van der Waals surface area contributed by atoms with Gasteiger partial charge in [-0.3, -0.25) is 4.79 Å². The Labute approximate surface area is 112 Å². The number of nitrogens with one attached hydrogen (secondary N) is 1. The van der Waals surface area contributed by atoms with Crippen LogP contribution in [0.3, 0.4) is 0 Å². The summed E-state index contributed by atoms with van der Waals surface area (Å²) >= 11 is 0. The molecule has 0 aliphatic heterocycles. The molecule has 0 aliphatic carbocycles. The summed E-state index contributed by atoms with van der Waals surface area (Å²) in [7, 11) is 0. The Morgan fingerprint density at radius 1 is 1.21 bits per heavy atom. The van der Waals surface area contributed by atoms with E-state index in [0.717, 1.165) is 0 Å². The van der Waals surface area contributed by atoms with Crippen molar-refractivity contribution in [2.45, 2.75) is 38.2 Å². The molecule has 1 amide bonds. The highest BCUT2D eigenvalue weighted by Crippen LogP contribution is 2.29. The summed E-state index contributed by atoms with van der Waals surface area (Å²) in [5, 5.41) is 2.40. The fraction of sp³-hybridized carbons (Fsp3) is 0.500. The maximum atomic E-state index is 14.0. The molecule has 0 unspecified atom stereocenters. The molecule has 0 radical (unpaired) electrons. The molecule has 0 saturated carbocycles. The number of nitrogens with two attached hydrogens (primary N) is 1. The predicted molar refractivity (Wildman–Crippen MR) is 70.8 cm³/mol. The largest absolute Gasteiger partial charge is 0.349 e. The van der Waals surface area contributed by atoms with Crippen molar-refractivity contribution in [2.75, 3.05) is 6.54 Å². The SMILES string of the molecule is CCC(CC)(CN)NC(=O)C(F)(F)c1ccccc1. The lowest BCUT2D eigenvalue weighted by Crippen LogP contribution is -2.56. The van der Waals surface area contributed by atoms with E-state index in [1.807, 2.05) is 13.8 Å². The smallest absolute Gasteiger partial charge is 0.344 e. The monoisotopic (exact) mass is 270 g/mol. The molecule has 0 fully saturated rings. The Kier molecular flexibility index (Phi) is 5.00. The Morgan fingerprint density at radius 3 is 2.16 bits per heavy atom. The third-order valence-corrected chi connectivity index (χ3v) is 3.54. The Bertz CT molecular complexity index is 408. The Balaban J connectivity index is 2.94. The van der Waals surface area contributed by atoms with Gasteiger partial charge < -0.3 is 11.1 Å². The highest BCUT2D eigenvalue weighted by molar-refractivity contribution is 5.85. The van der Waals surface area contributed by atoms with Gasteiger partial charge in [0.2, 0.25) is 0 Å². The lowest BCUT2D eigenvalue weighted by molar-refractivity contribution is -0.149. The Morgan fingerprint density at radius 2 is 1.74 bits per heavy atom. The molecule has 0 aromatic heterocycles. The lowest BCUT2D eigenvalue weighted by atomic mass is 9.92. The minimum Gasteiger partial charge on any atom is -0.344 e. The van der Waals surface area contributed by atoms with Crippen LogP contribution >= 0.6 is 0 Å². The normalized spacial score (nSPS) is 12.3. The highest BCUT2D eigenvalue weighted by atomic mass is 19.3. The van der Waals surface area contributed by atoms with Gasteiger partial charge in [-0.25, -0.2) is 0 Å². The number of hydrogen-bond acceptors (Lipinski definition) is 2. The van der Waals surface area contributed by atoms with Crippen molar-refractivity contribution in [2.24, 2.45) is 5.73 Å². The molecule has 0 saturated heterocycles.